The van der Waals surface area contributed by atoms with Gasteiger partial charge >= 0.3 is 0 Å². The van der Waals surface area contributed by atoms with Crippen LogP contribution in [0.5, 0.6) is 0 Å². The van der Waals surface area contributed by atoms with Gasteiger partial charge in [0.1, 0.15) is 0 Å². The topological polar surface area (TPSA) is 29.5 Å². The van der Waals surface area contributed by atoms with E-state index in [0.717, 1.165) is 24.7 Å². The minimum Gasteiger partial charge on any atom is -0.393 e. The Bertz CT molecular complexity index is 132. The molecule has 0 aromatic heterocycles. The predicted molar refractivity (Wildman–Crippen MR) is 42.3 cm³/mol. The molecule has 2 nitrogen and oxygen atoms in total. The summed E-state index contributed by atoms with van der Waals surface area (Å²) >= 11 is 0. The van der Waals surface area contributed by atoms with Crippen LogP contribution in [0.1, 0.15) is 25.7 Å². The molecule has 11 heavy (non-hydrogen) atoms. The third-order valence-corrected chi connectivity index (χ3v) is 3.28. The number of hydrogen-bond donors (Lipinski definition) is 1. The van der Waals surface area contributed by atoms with Crippen LogP contribution in [-0.4, -0.2) is 24.4 Å². The highest BCUT2D eigenvalue weighted by atomic mass is 16.5. The van der Waals surface area contributed by atoms with E-state index in [-0.39, 0.29) is 6.10 Å². The molecule has 0 aromatic rings. The van der Waals surface area contributed by atoms with Gasteiger partial charge in [0.2, 0.25) is 0 Å². The van der Waals surface area contributed by atoms with E-state index in [2.05, 4.69) is 0 Å². The van der Waals surface area contributed by atoms with Crippen LogP contribution < -0.4 is 0 Å². The van der Waals surface area contributed by atoms with Gasteiger partial charge in [0.05, 0.1) is 12.2 Å². The highest BCUT2D eigenvalue weighted by molar-refractivity contribution is 4.91. The Morgan fingerprint density at radius 1 is 1.09 bits per heavy atom. The van der Waals surface area contributed by atoms with Gasteiger partial charge in [0, 0.05) is 7.11 Å². The van der Waals surface area contributed by atoms with E-state index in [0.29, 0.717) is 6.10 Å². The van der Waals surface area contributed by atoms with Crippen molar-refractivity contribution in [3.8, 4) is 0 Å². The van der Waals surface area contributed by atoms with Gasteiger partial charge in [-0.3, -0.25) is 0 Å². The number of rotatable bonds is 1. The fourth-order valence-electron chi connectivity index (χ4n) is 2.72. The predicted octanol–water partition coefficient (Wildman–Crippen LogP) is 1.18. The second-order valence-corrected chi connectivity index (χ2v) is 3.97. The monoisotopic (exact) mass is 156 g/mol. The molecular weight excluding hydrogens is 140 g/mol. The van der Waals surface area contributed by atoms with Crippen LogP contribution in [-0.2, 0) is 4.74 Å². The summed E-state index contributed by atoms with van der Waals surface area (Å²) in [6, 6.07) is 0. The van der Waals surface area contributed by atoms with Crippen molar-refractivity contribution >= 4 is 0 Å². The van der Waals surface area contributed by atoms with E-state index in [1.165, 1.54) is 12.8 Å². The summed E-state index contributed by atoms with van der Waals surface area (Å²) in [5.41, 5.74) is 0. The molecule has 2 heteroatoms. The lowest BCUT2D eigenvalue weighted by Crippen LogP contribution is -2.09. The van der Waals surface area contributed by atoms with Gasteiger partial charge in [-0.25, -0.2) is 0 Å². The van der Waals surface area contributed by atoms with Gasteiger partial charge in [0.25, 0.3) is 0 Å². The fourth-order valence-corrected chi connectivity index (χ4v) is 2.72. The Balaban J connectivity index is 1.93. The van der Waals surface area contributed by atoms with Gasteiger partial charge in [0.15, 0.2) is 0 Å². The van der Waals surface area contributed by atoms with Crippen molar-refractivity contribution in [2.45, 2.75) is 37.9 Å². The van der Waals surface area contributed by atoms with Gasteiger partial charge in [-0.15, -0.1) is 0 Å². The van der Waals surface area contributed by atoms with Crippen molar-refractivity contribution in [2.24, 2.45) is 11.8 Å². The largest absolute Gasteiger partial charge is 0.393 e. The molecule has 0 radical (unpaired) electrons. The molecule has 2 rings (SSSR count). The Morgan fingerprint density at radius 3 is 2.09 bits per heavy atom. The van der Waals surface area contributed by atoms with Crippen LogP contribution in [0.2, 0.25) is 0 Å². The van der Waals surface area contributed by atoms with Gasteiger partial charge in [-0.05, 0) is 37.5 Å². The van der Waals surface area contributed by atoms with Crippen molar-refractivity contribution in [1.29, 1.82) is 0 Å². The van der Waals surface area contributed by atoms with E-state index in [1.807, 2.05) is 0 Å². The van der Waals surface area contributed by atoms with Crippen LogP contribution in [0.3, 0.4) is 0 Å². The van der Waals surface area contributed by atoms with Crippen molar-refractivity contribution in [3.63, 3.8) is 0 Å². The van der Waals surface area contributed by atoms with Crippen molar-refractivity contribution in [3.05, 3.63) is 0 Å². The van der Waals surface area contributed by atoms with Crippen LogP contribution in [0, 0.1) is 11.8 Å². The van der Waals surface area contributed by atoms with Crippen LogP contribution in [0.4, 0.5) is 0 Å². The van der Waals surface area contributed by atoms with E-state index in [4.69, 9.17) is 4.74 Å². The molecule has 0 amide bonds. The van der Waals surface area contributed by atoms with E-state index in [1.54, 1.807) is 7.11 Å². The summed E-state index contributed by atoms with van der Waals surface area (Å²) in [5, 5.41) is 9.35. The smallest absolute Gasteiger partial charge is 0.0576 e. The van der Waals surface area contributed by atoms with E-state index in [9.17, 15) is 5.11 Å². The zero-order valence-electron chi connectivity index (χ0n) is 6.99. The van der Waals surface area contributed by atoms with E-state index < -0.39 is 0 Å². The maximum Gasteiger partial charge on any atom is 0.0576 e. The Kier molecular flexibility index (Phi) is 1.90. The Morgan fingerprint density at radius 2 is 1.64 bits per heavy atom. The Hall–Kier alpha value is -0.0800. The quantitative estimate of drug-likeness (QED) is 0.617. The Labute approximate surface area is 67.6 Å². The first-order valence-corrected chi connectivity index (χ1v) is 4.50. The first-order chi connectivity index (χ1) is 5.29. The number of hydrogen-bond acceptors (Lipinski definition) is 2. The van der Waals surface area contributed by atoms with Crippen LogP contribution >= 0.6 is 0 Å². The third kappa shape index (κ3) is 1.30. The average Bonchev–Trinajstić information content (AvgIpc) is 2.43. The minimum atomic E-state index is -0.0113. The molecule has 2 fully saturated rings. The zero-order valence-corrected chi connectivity index (χ0v) is 6.99. The van der Waals surface area contributed by atoms with Gasteiger partial charge < -0.3 is 9.84 Å². The summed E-state index contributed by atoms with van der Waals surface area (Å²) in [5.74, 6) is 1.52. The number of fused-ring (bicyclic) bond motifs is 1. The van der Waals surface area contributed by atoms with Gasteiger partial charge in [-0.2, -0.15) is 0 Å². The normalized spacial score (nSPS) is 49.6. The molecule has 0 spiro atoms. The molecule has 1 N–H and O–H groups in total. The lowest BCUT2D eigenvalue weighted by Gasteiger charge is -2.09. The minimum absolute atomic E-state index is 0.0113. The van der Waals surface area contributed by atoms with Crippen LogP contribution in [0.25, 0.3) is 0 Å². The second kappa shape index (κ2) is 2.76. The summed E-state index contributed by atoms with van der Waals surface area (Å²) < 4.78 is 5.30. The second-order valence-electron chi connectivity index (χ2n) is 3.97. The molecule has 2 unspecified atom stereocenters. The van der Waals surface area contributed by atoms with E-state index >= 15 is 0 Å². The molecule has 0 heterocycles. The highest BCUT2D eigenvalue weighted by Gasteiger charge is 2.40. The number of methoxy groups -OCH3 is 1. The molecule has 64 valence electrons. The number of aliphatic hydroxyl groups excluding tert-OH is 1. The SMILES string of the molecule is COC1CC2CC(O)CC2C1. The molecule has 0 bridgehead atoms. The third-order valence-electron chi connectivity index (χ3n) is 3.28. The molecule has 2 aliphatic rings. The first kappa shape index (κ1) is 7.56. The lowest BCUT2D eigenvalue weighted by molar-refractivity contribution is 0.0913. The molecule has 0 aromatic carbocycles. The molecule has 2 atom stereocenters. The average molecular weight is 156 g/mol. The summed E-state index contributed by atoms with van der Waals surface area (Å²) in [6.07, 6.45) is 4.87. The lowest BCUT2D eigenvalue weighted by atomic mass is 10.0. The maximum absolute atomic E-state index is 9.35. The highest BCUT2D eigenvalue weighted by Crippen LogP contribution is 2.44. The summed E-state index contributed by atoms with van der Waals surface area (Å²) in [6.45, 7) is 0. The zero-order chi connectivity index (χ0) is 7.84. The summed E-state index contributed by atoms with van der Waals surface area (Å²) in [7, 11) is 1.79. The van der Waals surface area contributed by atoms with Crippen molar-refractivity contribution in [1.82, 2.24) is 0 Å². The fraction of sp³-hybridized carbons (Fsp3) is 1.00. The molecule has 2 aliphatic carbocycles. The first-order valence-electron chi connectivity index (χ1n) is 4.50. The summed E-state index contributed by atoms with van der Waals surface area (Å²) in [4.78, 5) is 0. The maximum atomic E-state index is 9.35. The molecule has 0 aliphatic heterocycles. The van der Waals surface area contributed by atoms with Crippen molar-refractivity contribution < 1.29 is 9.84 Å². The number of ether oxygens (including phenoxy) is 1. The van der Waals surface area contributed by atoms with Gasteiger partial charge in [-0.1, -0.05) is 0 Å². The molecule has 2 saturated carbocycles. The standard InChI is InChI=1S/C9H16O2/c1-11-9-4-6-2-8(10)3-7(6)5-9/h6-10H,2-5H2,1H3. The van der Waals surface area contributed by atoms with Crippen molar-refractivity contribution in [2.75, 3.05) is 7.11 Å². The molecular formula is C9H16O2. The number of aliphatic hydroxyl groups is 1. The molecule has 0 saturated heterocycles. The van der Waals surface area contributed by atoms with Crippen LogP contribution in [0.15, 0.2) is 0 Å².